The average molecular weight is 448 g/mol. The van der Waals surface area contributed by atoms with Crippen molar-refractivity contribution in [2.75, 3.05) is 19.5 Å². The third kappa shape index (κ3) is 4.17. The number of aryl methyl sites for hydroxylation is 1. The maximum absolute atomic E-state index is 13.3. The van der Waals surface area contributed by atoms with Gasteiger partial charge in [0.15, 0.2) is 5.52 Å². The van der Waals surface area contributed by atoms with Crippen molar-refractivity contribution in [1.82, 2.24) is 14.9 Å². The van der Waals surface area contributed by atoms with E-state index in [9.17, 15) is 9.59 Å². The van der Waals surface area contributed by atoms with Crippen LogP contribution in [0.5, 0.6) is 11.5 Å². The van der Waals surface area contributed by atoms with Gasteiger partial charge in [-0.3, -0.25) is 9.59 Å². The Labute approximate surface area is 189 Å². The molecule has 0 bridgehead atoms. The highest BCUT2D eigenvalue weighted by atomic mass is 16.5. The first kappa shape index (κ1) is 22.1. The van der Waals surface area contributed by atoms with Crippen LogP contribution in [0.15, 0.2) is 57.8 Å². The third-order valence-corrected chi connectivity index (χ3v) is 5.38. The second-order valence-electron chi connectivity index (χ2n) is 7.44. The molecule has 1 N–H and O–H groups in total. The zero-order valence-corrected chi connectivity index (χ0v) is 18.8. The van der Waals surface area contributed by atoms with E-state index in [1.807, 2.05) is 25.1 Å². The molecule has 2 heterocycles. The zero-order chi connectivity index (χ0) is 23.5. The highest BCUT2D eigenvalue weighted by molar-refractivity contribution is 5.95. The molecule has 0 fully saturated rings. The SMILES string of the molecule is CC[C@@H](C(=O)Nc1cccc(OC)c1)n1nc(-c2cccc(OC)c2)c2c(C)onc2c1=O. The number of aromatic nitrogens is 3. The maximum atomic E-state index is 13.3. The molecule has 33 heavy (non-hydrogen) atoms. The van der Waals surface area contributed by atoms with Gasteiger partial charge < -0.3 is 19.3 Å². The molecule has 1 amide bonds. The van der Waals surface area contributed by atoms with Crippen molar-refractivity contribution in [2.24, 2.45) is 0 Å². The van der Waals surface area contributed by atoms with E-state index in [1.165, 1.54) is 4.68 Å². The summed E-state index contributed by atoms with van der Waals surface area (Å²) < 4.78 is 17.0. The summed E-state index contributed by atoms with van der Waals surface area (Å²) in [5, 5.41) is 11.9. The Balaban J connectivity index is 1.82. The van der Waals surface area contributed by atoms with Gasteiger partial charge in [-0.2, -0.15) is 5.10 Å². The summed E-state index contributed by atoms with van der Waals surface area (Å²) in [5.74, 6) is 1.33. The molecule has 9 heteroatoms. The van der Waals surface area contributed by atoms with Crippen LogP contribution in [0.3, 0.4) is 0 Å². The highest BCUT2D eigenvalue weighted by Gasteiger charge is 2.26. The number of hydrogen-bond acceptors (Lipinski definition) is 7. The van der Waals surface area contributed by atoms with E-state index in [4.69, 9.17) is 14.0 Å². The summed E-state index contributed by atoms with van der Waals surface area (Å²) in [7, 11) is 3.12. The van der Waals surface area contributed by atoms with Crippen molar-refractivity contribution in [2.45, 2.75) is 26.3 Å². The minimum atomic E-state index is -0.866. The second kappa shape index (κ2) is 9.15. The van der Waals surface area contributed by atoms with E-state index in [2.05, 4.69) is 15.6 Å². The van der Waals surface area contributed by atoms with Crippen LogP contribution >= 0.6 is 0 Å². The Hall–Kier alpha value is -4.14. The molecule has 0 spiro atoms. The zero-order valence-electron chi connectivity index (χ0n) is 18.8. The normalized spacial score (nSPS) is 11.9. The minimum Gasteiger partial charge on any atom is -0.497 e. The van der Waals surface area contributed by atoms with Crippen molar-refractivity contribution >= 4 is 22.5 Å². The predicted octanol–water partition coefficient (Wildman–Crippen LogP) is 3.97. The molecule has 0 saturated heterocycles. The van der Waals surface area contributed by atoms with Crippen LogP contribution in [-0.4, -0.2) is 35.1 Å². The van der Waals surface area contributed by atoms with Crippen LogP contribution in [-0.2, 0) is 4.79 Å². The molecule has 0 aliphatic rings. The summed E-state index contributed by atoms with van der Waals surface area (Å²) >= 11 is 0. The van der Waals surface area contributed by atoms with Crippen LogP contribution in [0.25, 0.3) is 22.2 Å². The van der Waals surface area contributed by atoms with Crippen molar-refractivity contribution in [3.05, 3.63) is 64.6 Å². The number of nitrogens with one attached hydrogen (secondary N) is 1. The third-order valence-electron chi connectivity index (χ3n) is 5.38. The minimum absolute atomic E-state index is 0.118. The van der Waals surface area contributed by atoms with E-state index < -0.39 is 11.6 Å². The Morgan fingerprint density at radius 1 is 1.12 bits per heavy atom. The summed E-state index contributed by atoms with van der Waals surface area (Å²) in [6, 6.07) is 13.4. The lowest BCUT2D eigenvalue weighted by molar-refractivity contribution is -0.119. The molecular formula is C24H24N4O5. The predicted molar refractivity (Wildman–Crippen MR) is 124 cm³/mol. The quantitative estimate of drug-likeness (QED) is 0.456. The van der Waals surface area contributed by atoms with Crippen LogP contribution in [0.1, 0.15) is 25.1 Å². The molecule has 4 aromatic rings. The molecule has 170 valence electrons. The number of ether oxygens (including phenoxy) is 2. The van der Waals surface area contributed by atoms with Crippen LogP contribution in [0, 0.1) is 6.92 Å². The lowest BCUT2D eigenvalue weighted by Crippen LogP contribution is -2.35. The monoisotopic (exact) mass is 448 g/mol. The van der Waals surface area contributed by atoms with Gasteiger partial charge in [-0.25, -0.2) is 4.68 Å². The molecule has 1 atom stereocenters. The standard InChI is InChI=1S/C24H24N4O5/c1-5-19(23(29)25-16-9-7-11-18(13-16)32-4)28-24(30)22-20(14(2)33-27-22)21(26-28)15-8-6-10-17(12-15)31-3/h6-13,19H,5H2,1-4H3,(H,25,29)/t19-/m0/s1. The topological polar surface area (TPSA) is 108 Å². The molecule has 2 aromatic heterocycles. The molecule has 0 radical (unpaired) electrons. The second-order valence-corrected chi connectivity index (χ2v) is 7.44. The largest absolute Gasteiger partial charge is 0.497 e. The molecule has 4 rings (SSSR count). The lowest BCUT2D eigenvalue weighted by Gasteiger charge is -2.18. The van der Waals surface area contributed by atoms with Gasteiger partial charge >= 0.3 is 0 Å². The van der Waals surface area contributed by atoms with Gasteiger partial charge in [-0.05, 0) is 37.6 Å². The van der Waals surface area contributed by atoms with Crippen molar-refractivity contribution < 1.29 is 18.8 Å². The van der Waals surface area contributed by atoms with E-state index in [1.54, 1.807) is 51.5 Å². The number of nitrogens with zero attached hydrogens (tertiary/aromatic N) is 3. The van der Waals surface area contributed by atoms with E-state index in [0.717, 1.165) is 0 Å². The van der Waals surface area contributed by atoms with Gasteiger partial charge in [-0.15, -0.1) is 0 Å². The molecular weight excluding hydrogens is 424 g/mol. The Kier molecular flexibility index (Phi) is 6.12. The van der Waals surface area contributed by atoms with Gasteiger partial charge in [0.25, 0.3) is 5.56 Å². The molecule has 0 aliphatic carbocycles. The number of hydrogen-bond donors (Lipinski definition) is 1. The summed E-state index contributed by atoms with van der Waals surface area (Å²) in [5.41, 5.74) is 1.36. The highest BCUT2D eigenvalue weighted by Crippen LogP contribution is 2.30. The van der Waals surface area contributed by atoms with Crippen LogP contribution in [0.2, 0.25) is 0 Å². The van der Waals surface area contributed by atoms with Gasteiger partial charge in [0.1, 0.15) is 29.0 Å². The molecule has 2 aromatic carbocycles. The van der Waals surface area contributed by atoms with Crippen LogP contribution < -0.4 is 20.3 Å². The number of carbonyl (C=O) groups excluding carboxylic acids is 1. The number of benzene rings is 2. The number of fused-ring (bicyclic) bond motifs is 1. The van der Waals surface area contributed by atoms with Gasteiger partial charge in [0, 0.05) is 17.3 Å². The number of amides is 1. The Morgan fingerprint density at radius 2 is 1.82 bits per heavy atom. The molecule has 9 nitrogen and oxygen atoms in total. The molecule has 0 saturated carbocycles. The summed E-state index contributed by atoms with van der Waals surface area (Å²) in [4.78, 5) is 26.4. The van der Waals surface area contributed by atoms with Crippen LogP contribution in [0.4, 0.5) is 5.69 Å². The average Bonchev–Trinajstić information content (AvgIpc) is 3.23. The van der Waals surface area contributed by atoms with Gasteiger partial charge in [-0.1, -0.05) is 30.3 Å². The fourth-order valence-corrected chi connectivity index (χ4v) is 3.69. The first-order valence-electron chi connectivity index (χ1n) is 10.4. The Bertz CT molecular complexity index is 1380. The van der Waals surface area contributed by atoms with Crippen molar-refractivity contribution in [1.29, 1.82) is 0 Å². The molecule has 0 aliphatic heterocycles. The van der Waals surface area contributed by atoms with E-state index in [-0.39, 0.29) is 11.4 Å². The maximum Gasteiger partial charge on any atom is 0.297 e. The first-order chi connectivity index (χ1) is 16.0. The number of anilines is 1. The number of carbonyl (C=O) groups is 1. The fourth-order valence-electron chi connectivity index (χ4n) is 3.69. The summed E-state index contributed by atoms with van der Waals surface area (Å²) in [6.45, 7) is 3.53. The van der Waals surface area contributed by atoms with E-state index >= 15 is 0 Å². The van der Waals surface area contributed by atoms with Crippen molar-refractivity contribution in [3.8, 4) is 22.8 Å². The Morgan fingerprint density at radius 3 is 2.52 bits per heavy atom. The first-order valence-corrected chi connectivity index (χ1v) is 10.4. The van der Waals surface area contributed by atoms with Gasteiger partial charge in [0.05, 0.1) is 19.6 Å². The molecule has 0 unspecified atom stereocenters. The van der Waals surface area contributed by atoms with Gasteiger partial charge in [0.2, 0.25) is 5.91 Å². The number of methoxy groups -OCH3 is 2. The van der Waals surface area contributed by atoms with Crippen molar-refractivity contribution in [3.63, 3.8) is 0 Å². The number of rotatable bonds is 7. The summed E-state index contributed by atoms with van der Waals surface area (Å²) in [6.07, 6.45) is 0.336. The lowest BCUT2D eigenvalue weighted by atomic mass is 10.1. The fraction of sp³-hybridized carbons (Fsp3) is 0.250. The smallest absolute Gasteiger partial charge is 0.297 e. The van der Waals surface area contributed by atoms with E-state index in [0.29, 0.717) is 46.0 Å².